The van der Waals surface area contributed by atoms with Crippen LogP contribution in [0.15, 0.2) is 47.4 Å². The highest BCUT2D eigenvalue weighted by Crippen LogP contribution is 2.20. The zero-order valence-electron chi connectivity index (χ0n) is 14.0. The molecule has 0 spiro atoms. The fourth-order valence-electron chi connectivity index (χ4n) is 1.92. The molecule has 2 rings (SSSR count). The number of hydrogen-bond donors (Lipinski definition) is 1. The van der Waals surface area contributed by atoms with Gasteiger partial charge in [-0.1, -0.05) is 24.0 Å². The second kappa shape index (κ2) is 9.17. The third kappa shape index (κ3) is 5.44. The number of nitrogens with one attached hydrogen (secondary N) is 1. The van der Waals surface area contributed by atoms with E-state index >= 15 is 0 Å². The molecular formula is C18H17F2NO4S. The van der Waals surface area contributed by atoms with Gasteiger partial charge in [-0.25, -0.2) is 17.2 Å². The van der Waals surface area contributed by atoms with Gasteiger partial charge >= 0.3 is 0 Å². The zero-order valence-corrected chi connectivity index (χ0v) is 14.8. The first kappa shape index (κ1) is 19.7. The van der Waals surface area contributed by atoms with Crippen LogP contribution in [0.5, 0.6) is 11.5 Å². The monoisotopic (exact) mass is 381 g/mol. The van der Waals surface area contributed by atoms with E-state index in [-0.39, 0.29) is 36.2 Å². The minimum atomic E-state index is -3.91. The topological polar surface area (TPSA) is 64.6 Å². The molecule has 0 heterocycles. The summed E-state index contributed by atoms with van der Waals surface area (Å²) in [6.07, 6.45) is 0. The Morgan fingerprint density at radius 3 is 2.42 bits per heavy atom. The van der Waals surface area contributed by atoms with Crippen molar-refractivity contribution in [1.82, 2.24) is 4.72 Å². The molecular weight excluding hydrogens is 364 g/mol. The lowest BCUT2D eigenvalue weighted by molar-refractivity contribution is 0.321. The van der Waals surface area contributed by atoms with Gasteiger partial charge in [-0.15, -0.1) is 0 Å². The standard InChI is InChI=1S/C18H17F2NO4S/c1-2-24-18-10-9-14(13-16(18)20)26(22,23)21-11-5-6-12-25-17-8-4-3-7-15(17)19/h3-4,7-10,13,21H,2,11-12H2,1H3. The first-order valence-electron chi connectivity index (χ1n) is 7.69. The molecule has 5 nitrogen and oxygen atoms in total. The molecule has 0 amide bonds. The highest BCUT2D eigenvalue weighted by molar-refractivity contribution is 7.89. The summed E-state index contributed by atoms with van der Waals surface area (Å²) in [4.78, 5) is -0.233. The third-order valence-electron chi connectivity index (χ3n) is 3.13. The number of rotatable bonds is 7. The van der Waals surface area contributed by atoms with Crippen molar-refractivity contribution in [3.05, 3.63) is 54.1 Å². The van der Waals surface area contributed by atoms with Crippen LogP contribution in [0.1, 0.15) is 6.92 Å². The molecule has 1 N–H and O–H groups in total. The van der Waals surface area contributed by atoms with Crippen molar-refractivity contribution < 1.29 is 26.7 Å². The second-order valence-electron chi connectivity index (χ2n) is 4.92. The van der Waals surface area contributed by atoms with Gasteiger partial charge in [-0.05, 0) is 37.3 Å². The van der Waals surface area contributed by atoms with Crippen LogP contribution in [0.4, 0.5) is 8.78 Å². The van der Waals surface area contributed by atoms with Gasteiger partial charge in [-0.3, -0.25) is 0 Å². The van der Waals surface area contributed by atoms with E-state index in [4.69, 9.17) is 9.47 Å². The van der Waals surface area contributed by atoms with E-state index in [9.17, 15) is 17.2 Å². The Labute approximate surface area is 151 Å². The minimum absolute atomic E-state index is 0.0171. The molecule has 0 aliphatic heterocycles. The van der Waals surface area contributed by atoms with Crippen LogP contribution in [0, 0.1) is 23.5 Å². The SMILES string of the molecule is CCOc1ccc(S(=O)(=O)NCC#CCOc2ccccc2F)cc1F. The van der Waals surface area contributed by atoms with Crippen molar-refractivity contribution in [3.8, 4) is 23.3 Å². The van der Waals surface area contributed by atoms with Crippen molar-refractivity contribution >= 4 is 10.0 Å². The van der Waals surface area contributed by atoms with Gasteiger partial charge in [0.2, 0.25) is 10.0 Å². The lowest BCUT2D eigenvalue weighted by Gasteiger charge is -2.07. The number of benzene rings is 2. The molecule has 0 fully saturated rings. The normalized spacial score (nSPS) is 10.7. The Morgan fingerprint density at radius 1 is 1.00 bits per heavy atom. The molecule has 0 radical (unpaired) electrons. The van der Waals surface area contributed by atoms with Crippen molar-refractivity contribution in [2.75, 3.05) is 19.8 Å². The van der Waals surface area contributed by atoms with Crippen LogP contribution < -0.4 is 14.2 Å². The van der Waals surface area contributed by atoms with Gasteiger partial charge in [0, 0.05) is 0 Å². The summed E-state index contributed by atoms with van der Waals surface area (Å²) >= 11 is 0. The Hall–Kier alpha value is -2.63. The minimum Gasteiger partial charge on any atom is -0.491 e. The van der Waals surface area contributed by atoms with Gasteiger partial charge in [0.1, 0.15) is 6.61 Å². The second-order valence-corrected chi connectivity index (χ2v) is 6.69. The first-order valence-corrected chi connectivity index (χ1v) is 9.17. The average Bonchev–Trinajstić information content (AvgIpc) is 2.61. The lowest BCUT2D eigenvalue weighted by atomic mass is 10.3. The van der Waals surface area contributed by atoms with E-state index in [0.29, 0.717) is 0 Å². The summed E-state index contributed by atoms with van der Waals surface area (Å²) < 4.78 is 63.6. The van der Waals surface area contributed by atoms with Gasteiger partial charge in [0.05, 0.1) is 18.0 Å². The number of halogens is 2. The molecule has 2 aromatic carbocycles. The van der Waals surface area contributed by atoms with Gasteiger partial charge in [0.25, 0.3) is 0 Å². The molecule has 0 bridgehead atoms. The van der Waals surface area contributed by atoms with Crippen LogP contribution in [-0.2, 0) is 10.0 Å². The molecule has 138 valence electrons. The Morgan fingerprint density at radius 2 is 1.73 bits per heavy atom. The Balaban J connectivity index is 1.89. The quantitative estimate of drug-likeness (QED) is 0.749. The van der Waals surface area contributed by atoms with E-state index in [2.05, 4.69) is 16.6 Å². The largest absolute Gasteiger partial charge is 0.491 e. The Kier molecular flexibility index (Phi) is 6.95. The predicted octanol–water partition coefficient (Wildman–Crippen LogP) is 2.72. The summed E-state index contributed by atoms with van der Waals surface area (Å²) in [5.74, 6) is 3.88. The number of para-hydroxylation sites is 1. The summed E-state index contributed by atoms with van der Waals surface area (Å²) in [6, 6.07) is 9.24. The number of sulfonamides is 1. The summed E-state index contributed by atoms with van der Waals surface area (Å²) in [7, 11) is -3.91. The molecule has 0 aromatic heterocycles. The van der Waals surface area contributed by atoms with Crippen molar-refractivity contribution in [1.29, 1.82) is 0 Å². The van der Waals surface area contributed by atoms with Crippen LogP contribution in [0.2, 0.25) is 0 Å². The Bertz CT molecular complexity index is 920. The smallest absolute Gasteiger partial charge is 0.241 e. The maximum Gasteiger partial charge on any atom is 0.241 e. The van der Waals surface area contributed by atoms with E-state index in [1.807, 2.05) is 0 Å². The predicted molar refractivity (Wildman–Crippen MR) is 92.4 cm³/mol. The van der Waals surface area contributed by atoms with Crippen LogP contribution in [0.25, 0.3) is 0 Å². The first-order chi connectivity index (χ1) is 12.4. The summed E-state index contributed by atoms with van der Waals surface area (Å²) in [5, 5.41) is 0. The van der Waals surface area contributed by atoms with Crippen LogP contribution in [-0.4, -0.2) is 28.2 Å². The average molecular weight is 381 g/mol. The lowest BCUT2D eigenvalue weighted by Crippen LogP contribution is -2.24. The summed E-state index contributed by atoms with van der Waals surface area (Å²) in [5.41, 5.74) is 0. The molecule has 8 heteroatoms. The van der Waals surface area contributed by atoms with Gasteiger partial charge in [0.15, 0.2) is 23.1 Å². The zero-order chi connectivity index (χ0) is 19.0. The van der Waals surface area contributed by atoms with Gasteiger partial charge in [-0.2, -0.15) is 4.72 Å². The molecule has 0 atom stereocenters. The highest BCUT2D eigenvalue weighted by atomic mass is 32.2. The van der Waals surface area contributed by atoms with E-state index in [1.165, 1.54) is 30.3 Å². The van der Waals surface area contributed by atoms with E-state index in [0.717, 1.165) is 6.07 Å². The molecule has 0 saturated carbocycles. The fraction of sp³-hybridized carbons (Fsp3) is 0.222. The van der Waals surface area contributed by atoms with Crippen molar-refractivity contribution in [2.24, 2.45) is 0 Å². The third-order valence-corrected chi connectivity index (χ3v) is 4.52. The molecule has 0 saturated heterocycles. The number of ether oxygens (including phenoxy) is 2. The molecule has 0 aliphatic carbocycles. The van der Waals surface area contributed by atoms with Crippen molar-refractivity contribution in [3.63, 3.8) is 0 Å². The van der Waals surface area contributed by atoms with E-state index < -0.39 is 21.7 Å². The van der Waals surface area contributed by atoms with Gasteiger partial charge < -0.3 is 9.47 Å². The number of hydrogen-bond acceptors (Lipinski definition) is 4. The molecule has 2 aromatic rings. The maximum atomic E-state index is 13.8. The summed E-state index contributed by atoms with van der Waals surface area (Å²) in [6.45, 7) is 1.67. The van der Waals surface area contributed by atoms with E-state index in [1.54, 1.807) is 13.0 Å². The van der Waals surface area contributed by atoms with Crippen molar-refractivity contribution in [2.45, 2.75) is 11.8 Å². The van der Waals surface area contributed by atoms with Crippen LogP contribution in [0.3, 0.4) is 0 Å². The highest BCUT2D eigenvalue weighted by Gasteiger charge is 2.15. The molecule has 0 unspecified atom stereocenters. The molecule has 0 aliphatic rings. The molecule has 26 heavy (non-hydrogen) atoms. The maximum absolute atomic E-state index is 13.8. The fourth-order valence-corrected chi connectivity index (χ4v) is 2.86. The van der Waals surface area contributed by atoms with Crippen LogP contribution >= 0.6 is 0 Å².